The van der Waals surface area contributed by atoms with Crippen LogP contribution in [0.2, 0.25) is 0 Å². The zero-order chi connectivity index (χ0) is 12.8. The quantitative estimate of drug-likeness (QED) is 0.862. The molecule has 0 fully saturated rings. The summed E-state index contributed by atoms with van der Waals surface area (Å²) in [4.78, 5) is 14.7. The van der Waals surface area contributed by atoms with Gasteiger partial charge in [-0.3, -0.25) is 0 Å². The summed E-state index contributed by atoms with van der Waals surface area (Å²) in [6.07, 6.45) is 1.66. The Labute approximate surface area is 105 Å². The molecule has 1 heterocycles. The number of urea groups is 1. The number of benzene rings is 1. The Hall–Kier alpha value is -2.56. The van der Waals surface area contributed by atoms with Crippen LogP contribution in [0.5, 0.6) is 11.6 Å². The van der Waals surface area contributed by atoms with Crippen molar-refractivity contribution in [3.63, 3.8) is 0 Å². The molecule has 0 atom stereocenters. The van der Waals surface area contributed by atoms with E-state index in [1.165, 1.54) is 0 Å². The molecule has 2 rings (SSSR count). The number of nitrogens with one attached hydrogen (secondary N) is 1. The number of primary amides is 1. The lowest BCUT2D eigenvalue weighted by molar-refractivity contribution is 0.248. The van der Waals surface area contributed by atoms with Gasteiger partial charge in [-0.15, -0.1) is 0 Å². The Kier molecular flexibility index (Phi) is 3.76. The fourth-order valence-electron chi connectivity index (χ4n) is 1.44. The van der Waals surface area contributed by atoms with Gasteiger partial charge in [-0.05, 0) is 23.8 Å². The van der Waals surface area contributed by atoms with E-state index in [2.05, 4.69) is 10.3 Å². The Bertz CT molecular complexity index is 529. The van der Waals surface area contributed by atoms with E-state index >= 15 is 0 Å². The van der Waals surface area contributed by atoms with Crippen LogP contribution >= 0.6 is 0 Å². The first-order valence-corrected chi connectivity index (χ1v) is 5.45. The lowest BCUT2D eigenvalue weighted by Gasteiger charge is -2.07. The van der Waals surface area contributed by atoms with E-state index in [0.29, 0.717) is 18.2 Å². The molecule has 0 bridgehead atoms. The average molecular weight is 243 g/mol. The highest BCUT2D eigenvalue weighted by atomic mass is 16.5. The summed E-state index contributed by atoms with van der Waals surface area (Å²) in [6, 6.07) is 12.3. The lowest BCUT2D eigenvalue weighted by atomic mass is 10.2. The van der Waals surface area contributed by atoms with Crippen molar-refractivity contribution in [3.8, 4) is 11.6 Å². The van der Waals surface area contributed by atoms with Crippen LogP contribution in [0.1, 0.15) is 5.56 Å². The molecule has 92 valence electrons. The molecule has 2 amide bonds. The van der Waals surface area contributed by atoms with Gasteiger partial charge in [0.15, 0.2) is 0 Å². The highest BCUT2D eigenvalue weighted by Crippen LogP contribution is 2.19. The van der Waals surface area contributed by atoms with Gasteiger partial charge < -0.3 is 15.8 Å². The normalized spacial score (nSPS) is 9.78. The van der Waals surface area contributed by atoms with Gasteiger partial charge in [-0.2, -0.15) is 0 Å². The summed E-state index contributed by atoms with van der Waals surface area (Å²) in [6.45, 7) is 0.370. The van der Waals surface area contributed by atoms with Crippen LogP contribution in [-0.2, 0) is 6.54 Å². The maximum Gasteiger partial charge on any atom is 0.312 e. The van der Waals surface area contributed by atoms with Crippen molar-refractivity contribution in [3.05, 3.63) is 54.2 Å². The van der Waals surface area contributed by atoms with Crippen molar-refractivity contribution >= 4 is 6.03 Å². The first-order valence-electron chi connectivity index (χ1n) is 5.45. The molecule has 0 radical (unpaired) electrons. The van der Waals surface area contributed by atoms with Crippen LogP contribution in [0.3, 0.4) is 0 Å². The van der Waals surface area contributed by atoms with E-state index < -0.39 is 6.03 Å². The molecule has 1 aromatic carbocycles. The average Bonchev–Trinajstić information content (AvgIpc) is 2.38. The van der Waals surface area contributed by atoms with E-state index in [0.717, 1.165) is 5.56 Å². The zero-order valence-corrected chi connectivity index (χ0v) is 9.67. The third-order valence-corrected chi connectivity index (χ3v) is 2.23. The maximum atomic E-state index is 10.6. The number of carbonyl (C=O) groups excluding carboxylic acids is 1. The van der Waals surface area contributed by atoms with Crippen molar-refractivity contribution < 1.29 is 9.53 Å². The first-order chi connectivity index (χ1) is 8.74. The van der Waals surface area contributed by atoms with Gasteiger partial charge in [0, 0.05) is 18.8 Å². The van der Waals surface area contributed by atoms with Crippen molar-refractivity contribution in [2.45, 2.75) is 6.54 Å². The number of carbonyl (C=O) groups is 1. The Morgan fingerprint density at radius 2 is 2.17 bits per heavy atom. The number of nitrogens with two attached hydrogens (primary N) is 1. The van der Waals surface area contributed by atoms with Crippen molar-refractivity contribution in [1.82, 2.24) is 10.3 Å². The molecule has 0 aliphatic heterocycles. The zero-order valence-electron chi connectivity index (χ0n) is 9.67. The van der Waals surface area contributed by atoms with E-state index in [1.54, 1.807) is 12.3 Å². The summed E-state index contributed by atoms with van der Waals surface area (Å²) >= 11 is 0. The van der Waals surface area contributed by atoms with Crippen LogP contribution < -0.4 is 15.8 Å². The molecule has 1 aromatic heterocycles. The van der Waals surface area contributed by atoms with Gasteiger partial charge in [0.2, 0.25) is 5.88 Å². The highest BCUT2D eigenvalue weighted by Gasteiger charge is 2.00. The predicted octanol–water partition coefficient (Wildman–Crippen LogP) is 2.04. The second kappa shape index (κ2) is 5.67. The van der Waals surface area contributed by atoms with Gasteiger partial charge in [-0.25, -0.2) is 9.78 Å². The van der Waals surface area contributed by atoms with Crippen LogP contribution in [-0.4, -0.2) is 11.0 Å². The van der Waals surface area contributed by atoms with Gasteiger partial charge in [-0.1, -0.05) is 18.2 Å². The number of hydrogen-bond acceptors (Lipinski definition) is 3. The Balaban J connectivity index is 2.05. The molecule has 0 unspecified atom stereocenters. The summed E-state index contributed by atoms with van der Waals surface area (Å²) in [5, 5.41) is 2.52. The van der Waals surface area contributed by atoms with Crippen LogP contribution in [0.4, 0.5) is 4.79 Å². The topological polar surface area (TPSA) is 77.2 Å². The number of hydrogen-bond donors (Lipinski definition) is 2. The van der Waals surface area contributed by atoms with Crippen molar-refractivity contribution in [1.29, 1.82) is 0 Å². The standard InChI is InChI=1S/C13H13N3O2/c14-13(17)16-9-10-4-3-5-11(8-10)18-12-6-1-2-7-15-12/h1-8H,9H2,(H3,14,16,17). The minimum absolute atomic E-state index is 0.370. The van der Waals surface area contributed by atoms with Crippen LogP contribution in [0.15, 0.2) is 48.7 Å². The number of pyridine rings is 1. The predicted molar refractivity (Wildman–Crippen MR) is 67.2 cm³/mol. The molecular formula is C13H13N3O2. The minimum atomic E-state index is -0.550. The Morgan fingerprint density at radius 3 is 2.89 bits per heavy atom. The van der Waals surface area contributed by atoms with Crippen molar-refractivity contribution in [2.75, 3.05) is 0 Å². The van der Waals surface area contributed by atoms with Gasteiger partial charge in [0.25, 0.3) is 0 Å². The smallest absolute Gasteiger partial charge is 0.312 e. The van der Waals surface area contributed by atoms with E-state index in [4.69, 9.17) is 10.5 Å². The molecule has 0 saturated carbocycles. The third-order valence-electron chi connectivity index (χ3n) is 2.23. The summed E-state index contributed by atoms with van der Waals surface area (Å²) in [5.74, 6) is 1.19. The third kappa shape index (κ3) is 3.48. The molecule has 0 spiro atoms. The molecule has 5 heteroatoms. The largest absolute Gasteiger partial charge is 0.439 e. The van der Waals surface area contributed by atoms with Gasteiger partial charge in [0.05, 0.1) is 0 Å². The summed E-state index contributed by atoms with van der Waals surface area (Å²) in [7, 11) is 0. The first kappa shape index (κ1) is 11.9. The van der Waals surface area contributed by atoms with Crippen LogP contribution in [0.25, 0.3) is 0 Å². The Morgan fingerprint density at radius 1 is 1.28 bits per heavy atom. The molecule has 0 saturated heterocycles. The maximum absolute atomic E-state index is 10.6. The SMILES string of the molecule is NC(=O)NCc1cccc(Oc2ccccn2)c1. The lowest BCUT2D eigenvalue weighted by Crippen LogP contribution is -2.28. The number of aromatic nitrogens is 1. The number of amides is 2. The second-order valence-electron chi connectivity index (χ2n) is 3.64. The molecule has 0 aliphatic carbocycles. The number of ether oxygens (including phenoxy) is 1. The number of rotatable bonds is 4. The van der Waals surface area contributed by atoms with Crippen LogP contribution in [0, 0.1) is 0 Å². The summed E-state index contributed by atoms with van der Waals surface area (Å²) < 4.78 is 5.57. The van der Waals surface area contributed by atoms with Gasteiger partial charge >= 0.3 is 6.03 Å². The summed E-state index contributed by atoms with van der Waals surface area (Å²) in [5.41, 5.74) is 5.92. The van der Waals surface area contributed by atoms with E-state index in [1.807, 2.05) is 36.4 Å². The molecule has 5 nitrogen and oxygen atoms in total. The molecule has 0 aliphatic rings. The minimum Gasteiger partial charge on any atom is -0.439 e. The van der Waals surface area contributed by atoms with Gasteiger partial charge in [0.1, 0.15) is 5.75 Å². The number of nitrogens with zero attached hydrogens (tertiary/aromatic N) is 1. The fraction of sp³-hybridized carbons (Fsp3) is 0.0769. The molecule has 18 heavy (non-hydrogen) atoms. The molecular weight excluding hydrogens is 230 g/mol. The fourth-order valence-corrected chi connectivity index (χ4v) is 1.44. The van der Waals surface area contributed by atoms with E-state index in [-0.39, 0.29) is 0 Å². The van der Waals surface area contributed by atoms with Crippen molar-refractivity contribution in [2.24, 2.45) is 5.73 Å². The second-order valence-corrected chi connectivity index (χ2v) is 3.64. The van der Waals surface area contributed by atoms with E-state index in [9.17, 15) is 4.79 Å². The molecule has 3 N–H and O–H groups in total. The monoisotopic (exact) mass is 243 g/mol. The highest BCUT2D eigenvalue weighted by molar-refractivity contribution is 5.71. The molecule has 2 aromatic rings.